The van der Waals surface area contributed by atoms with Crippen molar-refractivity contribution in [1.82, 2.24) is 4.90 Å². The van der Waals surface area contributed by atoms with Crippen molar-refractivity contribution in [3.05, 3.63) is 40.6 Å². The van der Waals surface area contributed by atoms with Crippen LogP contribution in [0.5, 0.6) is 11.5 Å². The molecule has 6 heteroatoms. The lowest BCUT2D eigenvalue weighted by atomic mass is 10.2. The third-order valence-electron chi connectivity index (χ3n) is 4.18. The van der Waals surface area contributed by atoms with Crippen molar-refractivity contribution in [3.63, 3.8) is 0 Å². The third kappa shape index (κ3) is 2.86. The Kier molecular flexibility index (Phi) is 3.83. The van der Waals surface area contributed by atoms with Gasteiger partial charge in [-0.25, -0.2) is 4.79 Å². The van der Waals surface area contributed by atoms with Crippen LogP contribution in [0, 0.1) is 0 Å². The molecular weight excluding hydrogens is 312 g/mol. The Morgan fingerprint density at radius 1 is 1.22 bits per heavy atom. The lowest BCUT2D eigenvalue weighted by Crippen LogP contribution is -2.34. The molecule has 0 bridgehead atoms. The van der Waals surface area contributed by atoms with E-state index in [1.807, 2.05) is 29.2 Å². The average molecular weight is 330 g/mol. The van der Waals surface area contributed by atoms with Gasteiger partial charge in [-0.2, -0.15) is 0 Å². The summed E-state index contributed by atoms with van der Waals surface area (Å²) < 4.78 is 11.1. The molecule has 0 unspecified atom stereocenters. The summed E-state index contributed by atoms with van der Waals surface area (Å²) >= 11 is 1.71. The highest BCUT2D eigenvalue weighted by molar-refractivity contribution is 7.10. The number of hydrogen-bond acceptors (Lipinski definition) is 4. The number of thiophene rings is 1. The summed E-state index contributed by atoms with van der Waals surface area (Å²) in [6.45, 7) is 1.89. The number of rotatable bonds is 2. The van der Waals surface area contributed by atoms with Crippen LogP contribution in [-0.2, 0) is 0 Å². The van der Waals surface area contributed by atoms with Crippen LogP contribution in [0.4, 0.5) is 10.5 Å². The SMILES string of the molecule is O=C(Nc1ccc2c(c1)OCCO2)N1CCC[C@@H]1c1cccs1. The summed E-state index contributed by atoms with van der Waals surface area (Å²) in [5.74, 6) is 1.41. The molecule has 1 atom stereocenters. The highest BCUT2D eigenvalue weighted by Gasteiger charge is 2.30. The first-order chi connectivity index (χ1) is 11.3. The first kappa shape index (κ1) is 14.4. The van der Waals surface area contributed by atoms with Gasteiger partial charge in [-0.3, -0.25) is 0 Å². The van der Waals surface area contributed by atoms with Gasteiger partial charge in [0.15, 0.2) is 11.5 Å². The fourth-order valence-corrected chi connectivity index (χ4v) is 3.98. The van der Waals surface area contributed by atoms with Gasteiger partial charge in [0.1, 0.15) is 13.2 Å². The number of fused-ring (bicyclic) bond motifs is 1. The number of nitrogens with zero attached hydrogens (tertiary/aromatic N) is 1. The molecule has 2 aliphatic heterocycles. The zero-order valence-corrected chi connectivity index (χ0v) is 13.5. The van der Waals surface area contributed by atoms with Gasteiger partial charge in [0, 0.05) is 23.2 Å². The molecule has 0 spiro atoms. The summed E-state index contributed by atoms with van der Waals surface area (Å²) in [5, 5.41) is 5.04. The quantitative estimate of drug-likeness (QED) is 0.909. The van der Waals surface area contributed by atoms with Crippen molar-refractivity contribution in [1.29, 1.82) is 0 Å². The predicted octanol–water partition coefficient (Wildman–Crippen LogP) is 3.89. The van der Waals surface area contributed by atoms with E-state index in [1.54, 1.807) is 11.3 Å². The Hall–Kier alpha value is -2.21. The van der Waals surface area contributed by atoms with E-state index in [0.717, 1.165) is 30.8 Å². The first-order valence-electron chi connectivity index (χ1n) is 7.82. The van der Waals surface area contributed by atoms with Crippen LogP contribution in [0.1, 0.15) is 23.8 Å². The van der Waals surface area contributed by atoms with E-state index in [4.69, 9.17) is 9.47 Å². The van der Waals surface area contributed by atoms with Gasteiger partial charge in [-0.05, 0) is 36.4 Å². The van der Waals surface area contributed by atoms with Crippen LogP contribution in [0.2, 0.25) is 0 Å². The second kappa shape index (κ2) is 6.12. The normalized spacial score (nSPS) is 19.7. The van der Waals surface area contributed by atoms with Crippen LogP contribution < -0.4 is 14.8 Å². The van der Waals surface area contributed by atoms with Crippen LogP contribution in [0.3, 0.4) is 0 Å². The largest absolute Gasteiger partial charge is 0.486 e. The minimum atomic E-state index is -0.0578. The Balaban J connectivity index is 1.49. The van der Waals surface area contributed by atoms with Crippen molar-refractivity contribution in [2.45, 2.75) is 18.9 Å². The Morgan fingerprint density at radius 3 is 2.91 bits per heavy atom. The lowest BCUT2D eigenvalue weighted by Gasteiger charge is -2.25. The molecule has 1 aromatic carbocycles. The van der Waals surface area contributed by atoms with Crippen molar-refractivity contribution < 1.29 is 14.3 Å². The Labute approximate surface area is 138 Å². The fourth-order valence-electron chi connectivity index (χ4n) is 3.10. The molecule has 23 heavy (non-hydrogen) atoms. The third-order valence-corrected chi connectivity index (χ3v) is 5.15. The number of amides is 2. The molecule has 3 heterocycles. The minimum absolute atomic E-state index is 0.0578. The number of benzene rings is 1. The van der Waals surface area contributed by atoms with Gasteiger partial charge in [0.05, 0.1) is 6.04 Å². The first-order valence-corrected chi connectivity index (χ1v) is 8.70. The molecule has 0 aliphatic carbocycles. The number of carbonyl (C=O) groups excluding carboxylic acids is 1. The van der Waals surface area contributed by atoms with Crippen molar-refractivity contribution >= 4 is 23.1 Å². The molecule has 1 N–H and O–H groups in total. The van der Waals surface area contributed by atoms with Gasteiger partial charge >= 0.3 is 6.03 Å². The van der Waals surface area contributed by atoms with E-state index >= 15 is 0 Å². The zero-order chi connectivity index (χ0) is 15.6. The number of urea groups is 1. The smallest absolute Gasteiger partial charge is 0.322 e. The molecule has 1 saturated heterocycles. The maximum atomic E-state index is 12.6. The van der Waals surface area contributed by atoms with Gasteiger partial charge < -0.3 is 19.7 Å². The molecule has 2 amide bonds. The van der Waals surface area contributed by atoms with Gasteiger partial charge in [0.2, 0.25) is 0 Å². The van der Waals surface area contributed by atoms with Crippen molar-refractivity contribution in [3.8, 4) is 11.5 Å². The van der Waals surface area contributed by atoms with Crippen LogP contribution >= 0.6 is 11.3 Å². The fraction of sp³-hybridized carbons (Fsp3) is 0.353. The van der Waals surface area contributed by atoms with Crippen molar-refractivity contribution in [2.24, 2.45) is 0 Å². The second-order valence-electron chi connectivity index (χ2n) is 5.66. The standard InChI is InChI=1S/C17H18N2O3S/c20-17(19-7-1-3-13(19)16-4-2-10-23-16)18-12-5-6-14-15(11-12)22-9-8-21-14/h2,4-6,10-11,13H,1,3,7-9H2,(H,18,20)/t13-/m1/s1. The van der Waals surface area contributed by atoms with Gasteiger partial charge in [-0.1, -0.05) is 6.07 Å². The number of nitrogens with one attached hydrogen (secondary N) is 1. The van der Waals surface area contributed by atoms with E-state index in [2.05, 4.69) is 16.8 Å². The average Bonchev–Trinajstić information content (AvgIpc) is 3.25. The summed E-state index contributed by atoms with van der Waals surface area (Å²) in [4.78, 5) is 15.8. The Bertz CT molecular complexity index is 702. The van der Waals surface area contributed by atoms with E-state index < -0.39 is 0 Å². The molecule has 0 radical (unpaired) electrons. The molecule has 5 nitrogen and oxygen atoms in total. The molecule has 1 aromatic heterocycles. The highest BCUT2D eigenvalue weighted by atomic mass is 32.1. The number of likely N-dealkylation sites (tertiary alicyclic amines) is 1. The zero-order valence-electron chi connectivity index (χ0n) is 12.7. The number of carbonyl (C=O) groups is 1. The van der Waals surface area contributed by atoms with Crippen LogP contribution in [0.15, 0.2) is 35.7 Å². The minimum Gasteiger partial charge on any atom is -0.486 e. The maximum absolute atomic E-state index is 12.6. The van der Waals surface area contributed by atoms with Gasteiger partial charge in [0.25, 0.3) is 0 Å². The maximum Gasteiger partial charge on any atom is 0.322 e. The Morgan fingerprint density at radius 2 is 2.09 bits per heavy atom. The predicted molar refractivity (Wildman–Crippen MR) is 89.5 cm³/mol. The van der Waals surface area contributed by atoms with E-state index in [1.165, 1.54) is 4.88 Å². The lowest BCUT2D eigenvalue weighted by molar-refractivity contribution is 0.171. The van der Waals surface area contributed by atoms with Crippen LogP contribution in [-0.4, -0.2) is 30.7 Å². The van der Waals surface area contributed by atoms with E-state index in [-0.39, 0.29) is 12.1 Å². The molecule has 2 aliphatic rings. The summed E-state index contributed by atoms with van der Waals surface area (Å²) in [5.41, 5.74) is 0.732. The number of ether oxygens (including phenoxy) is 2. The molecule has 1 fully saturated rings. The molecule has 120 valence electrons. The molecular formula is C17H18N2O3S. The van der Waals surface area contributed by atoms with Crippen molar-refractivity contribution in [2.75, 3.05) is 25.1 Å². The summed E-state index contributed by atoms with van der Waals surface area (Å²) in [6.07, 6.45) is 2.06. The summed E-state index contributed by atoms with van der Waals surface area (Å²) in [6, 6.07) is 9.78. The summed E-state index contributed by atoms with van der Waals surface area (Å²) in [7, 11) is 0. The van der Waals surface area contributed by atoms with Crippen LogP contribution in [0.25, 0.3) is 0 Å². The topological polar surface area (TPSA) is 50.8 Å². The second-order valence-corrected chi connectivity index (χ2v) is 6.63. The van der Waals surface area contributed by atoms with Gasteiger partial charge in [-0.15, -0.1) is 11.3 Å². The van der Waals surface area contributed by atoms with E-state index in [0.29, 0.717) is 19.0 Å². The highest BCUT2D eigenvalue weighted by Crippen LogP contribution is 2.36. The monoisotopic (exact) mass is 330 g/mol. The number of hydrogen-bond donors (Lipinski definition) is 1. The number of anilines is 1. The molecule has 4 rings (SSSR count). The molecule has 2 aromatic rings. The molecule has 0 saturated carbocycles. The van der Waals surface area contributed by atoms with E-state index in [9.17, 15) is 4.79 Å².